The molecule has 0 aromatic heterocycles. The van der Waals surface area contributed by atoms with Crippen LogP contribution < -0.4 is 11.1 Å². The molecule has 0 aliphatic carbocycles. The van der Waals surface area contributed by atoms with Gasteiger partial charge in [-0.1, -0.05) is 0 Å². The molecule has 1 fully saturated rings. The first-order chi connectivity index (χ1) is 10.9. The third-order valence-electron chi connectivity index (χ3n) is 3.78. The van der Waals surface area contributed by atoms with Gasteiger partial charge in [0.25, 0.3) is 0 Å². The molecule has 128 valence electrons. The number of halogens is 2. The van der Waals surface area contributed by atoms with Gasteiger partial charge in [-0.15, -0.1) is 0 Å². The van der Waals surface area contributed by atoms with Crippen LogP contribution in [-0.4, -0.2) is 44.8 Å². The Hall–Kier alpha value is -1.58. The molecule has 23 heavy (non-hydrogen) atoms. The van der Waals surface area contributed by atoms with Crippen LogP contribution in [0.5, 0.6) is 0 Å². The van der Waals surface area contributed by atoms with E-state index >= 15 is 0 Å². The molecule has 1 saturated heterocycles. The van der Waals surface area contributed by atoms with E-state index in [-0.39, 0.29) is 24.9 Å². The zero-order valence-corrected chi connectivity index (χ0v) is 13.3. The minimum absolute atomic E-state index is 0.0823. The van der Waals surface area contributed by atoms with Gasteiger partial charge in [0.1, 0.15) is 16.5 Å². The smallest absolute Gasteiger partial charge is 0.246 e. The topological polar surface area (TPSA) is 92.5 Å². The van der Waals surface area contributed by atoms with Gasteiger partial charge in [0, 0.05) is 32.1 Å². The number of nitrogens with zero attached hydrogens (tertiary/aromatic N) is 1. The summed E-state index contributed by atoms with van der Waals surface area (Å²) >= 11 is 0. The summed E-state index contributed by atoms with van der Waals surface area (Å²) in [6.45, 7) is 0.863. The van der Waals surface area contributed by atoms with Crippen molar-refractivity contribution in [1.82, 2.24) is 9.62 Å². The maximum absolute atomic E-state index is 13.7. The highest BCUT2D eigenvalue weighted by Crippen LogP contribution is 2.26. The van der Waals surface area contributed by atoms with E-state index in [2.05, 4.69) is 5.32 Å². The van der Waals surface area contributed by atoms with Crippen LogP contribution in [0.3, 0.4) is 0 Å². The first-order valence-corrected chi connectivity index (χ1v) is 8.73. The second-order valence-electron chi connectivity index (χ2n) is 5.33. The third-order valence-corrected chi connectivity index (χ3v) is 5.69. The van der Waals surface area contributed by atoms with E-state index in [1.54, 1.807) is 0 Å². The van der Waals surface area contributed by atoms with Gasteiger partial charge in [-0.05, 0) is 31.0 Å². The number of sulfonamides is 1. The monoisotopic (exact) mass is 347 g/mol. The first-order valence-electron chi connectivity index (χ1n) is 7.29. The number of benzene rings is 1. The number of rotatable bonds is 5. The molecule has 2 rings (SSSR count). The summed E-state index contributed by atoms with van der Waals surface area (Å²) in [5, 5.41) is 2.66. The molecule has 0 unspecified atom stereocenters. The highest BCUT2D eigenvalue weighted by atomic mass is 32.2. The Labute approximate surface area is 133 Å². The molecule has 1 aromatic rings. The minimum Gasteiger partial charge on any atom is -0.355 e. The molecule has 0 spiro atoms. The molecular formula is C14H19F2N3O3S. The number of nitrogens with two attached hydrogens (primary N) is 1. The summed E-state index contributed by atoms with van der Waals surface area (Å²) in [6, 6.07) is 2.32. The normalized spacial score (nSPS) is 17.2. The number of carbonyl (C=O) groups excluding carboxylic acids is 1. The fourth-order valence-corrected chi connectivity index (χ4v) is 4.06. The maximum Gasteiger partial charge on any atom is 0.246 e. The molecule has 1 aliphatic heterocycles. The molecular weight excluding hydrogens is 328 g/mol. The predicted octanol–water partition coefficient (Wildman–Crippen LogP) is 0.440. The van der Waals surface area contributed by atoms with Gasteiger partial charge >= 0.3 is 0 Å². The number of piperidine rings is 1. The molecule has 3 N–H and O–H groups in total. The number of amides is 1. The second-order valence-corrected chi connectivity index (χ2v) is 7.24. The lowest BCUT2D eigenvalue weighted by molar-refractivity contribution is -0.126. The molecule has 1 amide bonds. The number of carbonyl (C=O) groups is 1. The predicted molar refractivity (Wildman–Crippen MR) is 79.9 cm³/mol. The summed E-state index contributed by atoms with van der Waals surface area (Å²) in [5.41, 5.74) is 5.31. The Morgan fingerprint density at radius 3 is 2.57 bits per heavy atom. The van der Waals surface area contributed by atoms with Crippen LogP contribution in [-0.2, 0) is 14.8 Å². The average Bonchev–Trinajstić information content (AvgIpc) is 2.54. The molecule has 1 aromatic carbocycles. The third kappa shape index (κ3) is 4.04. The van der Waals surface area contributed by atoms with Crippen LogP contribution >= 0.6 is 0 Å². The highest BCUT2D eigenvalue weighted by molar-refractivity contribution is 7.89. The Morgan fingerprint density at radius 1 is 1.30 bits per heavy atom. The van der Waals surface area contributed by atoms with Gasteiger partial charge in [0.2, 0.25) is 15.9 Å². The first kappa shape index (κ1) is 17.8. The van der Waals surface area contributed by atoms with E-state index in [1.807, 2.05) is 0 Å². The van der Waals surface area contributed by atoms with Crippen molar-refractivity contribution in [2.24, 2.45) is 11.7 Å². The van der Waals surface area contributed by atoms with Crippen molar-refractivity contribution in [1.29, 1.82) is 0 Å². The standard InChI is InChI=1S/C14H19F2N3O3S/c15-11-1-2-12(16)13(9-11)23(21,22)19-7-3-10(4-8-19)14(20)18-6-5-17/h1-2,9-10H,3-8,17H2,(H,18,20). The Kier molecular flexibility index (Phi) is 5.66. The van der Waals surface area contributed by atoms with Gasteiger partial charge in [0.05, 0.1) is 0 Å². The van der Waals surface area contributed by atoms with E-state index in [0.717, 1.165) is 16.4 Å². The van der Waals surface area contributed by atoms with Crippen molar-refractivity contribution >= 4 is 15.9 Å². The van der Waals surface area contributed by atoms with Gasteiger partial charge < -0.3 is 11.1 Å². The Bertz CT molecular complexity index is 674. The van der Waals surface area contributed by atoms with E-state index < -0.39 is 26.6 Å². The van der Waals surface area contributed by atoms with Crippen molar-refractivity contribution in [3.8, 4) is 0 Å². The van der Waals surface area contributed by atoms with E-state index in [4.69, 9.17) is 5.73 Å². The molecule has 0 radical (unpaired) electrons. The van der Waals surface area contributed by atoms with E-state index in [1.165, 1.54) is 0 Å². The summed E-state index contributed by atoms with van der Waals surface area (Å²) in [6.07, 6.45) is 0.652. The van der Waals surface area contributed by atoms with Crippen LogP contribution in [0.1, 0.15) is 12.8 Å². The molecule has 0 bridgehead atoms. The second kappa shape index (κ2) is 7.33. The highest BCUT2D eigenvalue weighted by Gasteiger charge is 2.33. The number of nitrogens with one attached hydrogen (secondary N) is 1. The lowest BCUT2D eigenvalue weighted by Crippen LogP contribution is -2.43. The largest absolute Gasteiger partial charge is 0.355 e. The SMILES string of the molecule is NCCNC(=O)C1CCN(S(=O)(=O)c2cc(F)ccc2F)CC1. The minimum atomic E-state index is -4.11. The number of hydrogen-bond donors (Lipinski definition) is 2. The summed E-state index contributed by atoms with van der Waals surface area (Å²) in [5.74, 6) is -2.27. The molecule has 0 saturated carbocycles. The molecule has 6 nitrogen and oxygen atoms in total. The van der Waals surface area contributed by atoms with Crippen molar-refractivity contribution in [3.05, 3.63) is 29.8 Å². The maximum atomic E-state index is 13.7. The van der Waals surface area contributed by atoms with E-state index in [9.17, 15) is 22.0 Å². The Morgan fingerprint density at radius 2 is 1.96 bits per heavy atom. The van der Waals surface area contributed by atoms with Crippen LogP contribution in [0.2, 0.25) is 0 Å². The number of hydrogen-bond acceptors (Lipinski definition) is 4. The van der Waals surface area contributed by atoms with Crippen molar-refractivity contribution in [2.75, 3.05) is 26.2 Å². The van der Waals surface area contributed by atoms with Gasteiger partial charge in [-0.25, -0.2) is 17.2 Å². The molecule has 1 aliphatic rings. The van der Waals surface area contributed by atoms with Crippen LogP contribution in [0, 0.1) is 17.6 Å². The van der Waals surface area contributed by atoms with Crippen molar-refractivity contribution in [2.45, 2.75) is 17.7 Å². The van der Waals surface area contributed by atoms with Gasteiger partial charge in [-0.2, -0.15) is 4.31 Å². The van der Waals surface area contributed by atoms with E-state index in [0.29, 0.717) is 32.0 Å². The fraction of sp³-hybridized carbons (Fsp3) is 0.500. The summed E-state index contributed by atoms with van der Waals surface area (Å²) < 4.78 is 52.8. The molecule has 0 atom stereocenters. The lowest BCUT2D eigenvalue weighted by Gasteiger charge is -2.30. The zero-order chi connectivity index (χ0) is 17.0. The lowest BCUT2D eigenvalue weighted by atomic mass is 9.97. The summed E-state index contributed by atoms with van der Waals surface area (Å²) in [7, 11) is -4.11. The molecule has 1 heterocycles. The fourth-order valence-electron chi connectivity index (χ4n) is 2.51. The zero-order valence-electron chi connectivity index (χ0n) is 12.5. The van der Waals surface area contributed by atoms with Crippen molar-refractivity contribution < 1.29 is 22.0 Å². The van der Waals surface area contributed by atoms with Gasteiger partial charge in [0.15, 0.2) is 0 Å². The Balaban J connectivity index is 2.07. The molecule has 9 heteroatoms. The van der Waals surface area contributed by atoms with Crippen molar-refractivity contribution in [3.63, 3.8) is 0 Å². The quantitative estimate of drug-likeness (QED) is 0.808. The summed E-state index contributed by atoms with van der Waals surface area (Å²) in [4.78, 5) is 11.2. The van der Waals surface area contributed by atoms with Crippen LogP contribution in [0.25, 0.3) is 0 Å². The van der Waals surface area contributed by atoms with Crippen LogP contribution in [0.15, 0.2) is 23.1 Å². The van der Waals surface area contributed by atoms with Gasteiger partial charge in [-0.3, -0.25) is 4.79 Å². The van der Waals surface area contributed by atoms with Crippen LogP contribution in [0.4, 0.5) is 8.78 Å². The average molecular weight is 347 g/mol.